The van der Waals surface area contributed by atoms with Crippen LogP contribution in [-0.4, -0.2) is 24.4 Å². The van der Waals surface area contributed by atoms with Crippen LogP contribution in [0.25, 0.3) is 0 Å². The van der Waals surface area contributed by atoms with Crippen LogP contribution in [0.15, 0.2) is 60.7 Å². The highest BCUT2D eigenvalue weighted by atomic mass is 19.1. The molecule has 8 heteroatoms. The molecule has 2 N–H and O–H groups in total. The fraction of sp³-hybridized carbons (Fsp3) is 0.200. The number of halogens is 3. The molecular formula is C25H22F3N3O2. The van der Waals surface area contributed by atoms with E-state index >= 15 is 0 Å². The zero-order valence-corrected chi connectivity index (χ0v) is 17.9. The van der Waals surface area contributed by atoms with E-state index in [9.17, 15) is 22.8 Å². The summed E-state index contributed by atoms with van der Waals surface area (Å²) in [5, 5.41) is 5.32. The molecule has 33 heavy (non-hydrogen) atoms. The largest absolute Gasteiger partial charge is 0.359 e. The van der Waals surface area contributed by atoms with E-state index in [2.05, 4.69) is 10.6 Å². The maximum Gasteiger partial charge on any atom is 0.255 e. The van der Waals surface area contributed by atoms with Crippen molar-refractivity contribution in [1.29, 1.82) is 0 Å². The number of carbonyl (C=O) groups is 2. The van der Waals surface area contributed by atoms with Crippen LogP contribution in [0, 0.1) is 17.5 Å². The molecule has 2 amide bonds. The third kappa shape index (κ3) is 4.84. The molecule has 0 aliphatic carbocycles. The number of hydrogen-bond donors (Lipinski definition) is 2. The molecule has 0 bridgehead atoms. The summed E-state index contributed by atoms with van der Waals surface area (Å²) in [6.45, 7) is 2.27. The number of benzene rings is 3. The van der Waals surface area contributed by atoms with Crippen LogP contribution in [0.2, 0.25) is 0 Å². The van der Waals surface area contributed by atoms with Crippen molar-refractivity contribution in [3.05, 3.63) is 89.2 Å². The Morgan fingerprint density at radius 2 is 1.64 bits per heavy atom. The van der Waals surface area contributed by atoms with Gasteiger partial charge in [-0.15, -0.1) is 0 Å². The van der Waals surface area contributed by atoms with Gasteiger partial charge in [0.25, 0.3) is 5.91 Å². The highest BCUT2D eigenvalue weighted by Gasteiger charge is 2.28. The number of hydrogen-bond acceptors (Lipinski definition) is 3. The first-order valence-corrected chi connectivity index (χ1v) is 10.5. The second-order valence-corrected chi connectivity index (χ2v) is 7.85. The first-order chi connectivity index (χ1) is 15.8. The van der Waals surface area contributed by atoms with Gasteiger partial charge in [0.2, 0.25) is 5.91 Å². The molecule has 1 aliphatic heterocycles. The highest BCUT2D eigenvalue weighted by Crippen LogP contribution is 2.34. The number of amides is 2. The zero-order chi connectivity index (χ0) is 23.5. The summed E-state index contributed by atoms with van der Waals surface area (Å²) in [4.78, 5) is 27.3. The summed E-state index contributed by atoms with van der Waals surface area (Å²) >= 11 is 0. The topological polar surface area (TPSA) is 61.4 Å². The number of nitrogens with one attached hydrogen (secondary N) is 2. The third-order valence-electron chi connectivity index (χ3n) is 5.67. The van der Waals surface area contributed by atoms with E-state index in [1.807, 2.05) is 11.0 Å². The molecule has 1 unspecified atom stereocenters. The van der Waals surface area contributed by atoms with Crippen molar-refractivity contribution in [2.45, 2.75) is 25.8 Å². The van der Waals surface area contributed by atoms with Gasteiger partial charge in [-0.25, -0.2) is 13.2 Å². The Labute approximate surface area is 189 Å². The zero-order valence-electron chi connectivity index (χ0n) is 17.9. The second-order valence-electron chi connectivity index (χ2n) is 7.85. The monoisotopic (exact) mass is 453 g/mol. The van der Waals surface area contributed by atoms with Gasteiger partial charge in [0.1, 0.15) is 23.5 Å². The predicted octanol–water partition coefficient (Wildman–Crippen LogP) is 5.14. The normalized spacial score (nSPS) is 13.8. The van der Waals surface area contributed by atoms with Crippen LogP contribution in [0.1, 0.15) is 29.3 Å². The summed E-state index contributed by atoms with van der Waals surface area (Å²) in [5.74, 6) is -2.64. The maximum atomic E-state index is 14.0. The molecule has 0 saturated heterocycles. The SMILES string of the molecule is CC(C(=O)Nc1cc(F)ccc1F)N1CCCc2c(NC(=O)c3ccc(F)cc3)cccc21. The molecular weight excluding hydrogens is 431 g/mol. The standard InChI is InChI=1S/C25H22F3N3O2/c1-15(24(32)30-22-14-18(27)11-12-20(22)28)31-13-3-4-19-21(5-2-6-23(19)31)29-25(33)16-7-9-17(26)10-8-16/h2,5-12,14-15H,3-4,13H2,1H3,(H,29,33)(H,30,32). The summed E-state index contributed by atoms with van der Waals surface area (Å²) in [5.41, 5.74) is 2.36. The lowest BCUT2D eigenvalue weighted by Crippen LogP contribution is -2.45. The minimum absolute atomic E-state index is 0.218. The molecule has 5 nitrogen and oxygen atoms in total. The van der Waals surface area contributed by atoms with Crippen LogP contribution in [-0.2, 0) is 11.2 Å². The van der Waals surface area contributed by atoms with Crippen molar-refractivity contribution in [1.82, 2.24) is 0 Å². The summed E-state index contributed by atoms with van der Waals surface area (Å²) < 4.78 is 40.6. The molecule has 0 fully saturated rings. The number of carbonyl (C=O) groups excluding carboxylic acids is 2. The maximum absolute atomic E-state index is 14.0. The number of anilines is 3. The average molecular weight is 453 g/mol. The molecule has 0 radical (unpaired) electrons. The smallest absolute Gasteiger partial charge is 0.255 e. The van der Waals surface area contributed by atoms with Gasteiger partial charge in [-0.05, 0) is 73.9 Å². The molecule has 4 rings (SSSR count). The van der Waals surface area contributed by atoms with Gasteiger partial charge in [0.05, 0.1) is 5.69 Å². The summed E-state index contributed by atoms with van der Waals surface area (Å²) in [7, 11) is 0. The van der Waals surface area contributed by atoms with Gasteiger partial charge in [-0.2, -0.15) is 0 Å². The van der Waals surface area contributed by atoms with Crippen LogP contribution in [0.4, 0.5) is 30.2 Å². The lowest BCUT2D eigenvalue weighted by Gasteiger charge is -2.36. The number of fused-ring (bicyclic) bond motifs is 1. The van der Waals surface area contributed by atoms with Gasteiger partial charge in [-0.3, -0.25) is 9.59 Å². The van der Waals surface area contributed by atoms with Crippen molar-refractivity contribution in [2.75, 3.05) is 22.1 Å². The van der Waals surface area contributed by atoms with Crippen molar-refractivity contribution in [3.63, 3.8) is 0 Å². The van der Waals surface area contributed by atoms with E-state index in [4.69, 9.17) is 0 Å². The first kappa shape index (κ1) is 22.4. The van der Waals surface area contributed by atoms with E-state index < -0.39 is 29.4 Å². The molecule has 3 aromatic rings. The second kappa shape index (κ2) is 9.36. The Morgan fingerprint density at radius 3 is 2.39 bits per heavy atom. The quantitative estimate of drug-likeness (QED) is 0.563. The molecule has 0 aromatic heterocycles. The van der Waals surface area contributed by atoms with Crippen LogP contribution >= 0.6 is 0 Å². The van der Waals surface area contributed by atoms with Crippen LogP contribution < -0.4 is 15.5 Å². The van der Waals surface area contributed by atoms with E-state index in [0.29, 0.717) is 24.2 Å². The fourth-order valence-corrected chi connectivity index (χ4v) is 3.94. The Balaban J connectivity index is 1.55. The van der Waals surface area contributed by atoms with Crippen molar-refractivity contribution in [2.24, 2.45) is 0 Å². The molecule has 1 aliphatic rings. The third-order valence-corrected chi connectivity index (χ3v) is 5.67. The first-order valence-electron chi connectivity index (χ1n) is 10.5. The van der Waals surface area contributed by atoms with E-state index in [-0.39, 0.29) is 11.6 Å². The van der Waals surface area contributed by atoms with E-state index in [0.717, 1.165) is 35.9 Å². The van der Waals surface area contributed by atoms with Crippen molar-refractivity contribution < 1.29 is 22.8 Å². The van der Waals surface area contributed by atoms with Gasteiger partial charge in [0, 0.05) is 29.5 Å². The summed E-state index contributed by atoms with van der Waals surface area (Å²) in [6, 6.07) is 12.9. The number of rotatable bonds is 5. The molecule has 3 aromatic carbocycles. The predicted molar refractivity (Wildman–Crippen MR) is 121 cm³/mol. The Kier molecular flexibility index (Phi) is 6.35. The molecule has 0 saturated carbocycles. The Morgan fingerprint density at radius 1 is 0.909 bits per heavy atom. The average Bonchev–Trinajstić information content (AvgIpc) is 2.81. The van der Waals surface area contributed by atoms with Gasteiger partial charge in [0.15, 0.2) is 0 Å². The molecule has 170 valence electrons. The minimum atomic E-state index is -0.721. The van der Waals surface area contributed by atoms with Crippen molar-refractivity contribution >= 4 is 28.9 Å². The van der Waals surface area contributed by atoms with Crippen LogP contribution in [0.3, 0.4) is 0 Å². The van der Waals surface area contributed by atoms with Crippen LogP contribution in [0.5, 0.6) is 0 Å². The lowest BCUT2D eigenvalue weighted by atomic mass is 9.97. The van der Waals surface area contributed by atoms with Crippen molar-refractivity contribution in [3.8, 4) is 0 Å². The number of nitrogens with zero attached hydrogens (tertiary/aromatic N) is 1. The molecule has 1 heterocycles. The minimum Gasteiger partial charge on any atom is -0.359 e. The molecule has 1 atom stereocenters. The van der Waals surface area contributed by atoms with Gasteiger partial charge >= 0.3 is 0 Å². The van der Waals surface area contributed by atoms with Gasteiger partial charge < -0.3 is 15.5 Å². The summed E-state index contributed by atoms with van der Waals surface area (Å²) in [6.07, 6.45) is 1.43. The highest BCUT2D eigenvalue weighted by molar-refractivity contribution is 6.05. The van der Waals surface area contributed by atoms with E-state index in [1.54, 1.807) is 19.1 Å². The van der Waals surface area contributed by atoms with Gasteiger partial charge in [-0.1, -0.05) is 6.07 Å². The Hall–Kier alpha value is -3.81. The lowest BCUT2D eigenvalue weighted by molar-refractivity contribution is -0.117. The van der Waals surface area contributed by atoms with E-state index in [1.165, 1.54) is 24.3 Å². The molecule has 0 spiro atoms. The Bertz CT molecular complexity index is 1200. The fourth-order valence-electron chi connectivity index (χ4n) is 3.94.